The molecule has 0 fully saturated rings. The molecule has 2 rings (SSSR count). The molecular formula is C13H15N3O2S. The highest BCUT2D eigenvalue weighted by Gasteiger charge is 2.15. The molecule has 1 heterocycles. The van der Waals surface area contributed by atoms with Crippen molar-refractivity contribution in [2.45, 2.75) is 6.42 Å². The number of carboxylic acids is 1. The minimum Gasteiger partial charge on any atom is -0.476 e. The monoisotopic (exact) mass is 277 g/mol. The smallest absolute Gasteiger partial charge is 0.358 e. The highest BCUT2D eigenvalue weighted by Crippen LogP contribution is 2.24. The summed E-state index contributed by atoms with van der Waals surface area (Å²) in [6.07, 6.45) is 3.02. The number of carboxylic acid groups (broad SMARTS) is 1. The molecule has 0 radical (unpaired) electrons. The Labute approximate surface area is 115 Å². The molecule has 0 aliphatic heterocycles. The Kier molecular flexibility index (Phi) is 4.57. The summed E-state index contributed by atoms with van der Waals surface area (Å²) < 4.78 is 0. The minimum atomic E-state index is -1.06. The van der Waals surface area contributed by atoms with E-state index in [0.29, 0.717) is 11.2 Å². The van der Waals surface area contributed by atoms with E-state index >= 15 is 0 Å². The van der Waals surface area contributed by atoms with Gasteiger partial charge in [0.1, 0.15) is 0 Å². The molecule has 0 saturated carbocycles. The van der Waals surface area contributed by atoms with Gasteiger partial charge in [-0.1, -0.05) is 18.2 Å². The lowest BCUT2D eigenvalue weighted by Gasteiger charge is -2.11. The van der Waals surface area contributed by atoms with Gasteiger partial charge in [0.2, 0.25) is 0 Å². The SMILES string of the molecule is CSCCCNc1c(C(=O)O)nnc2ccccc12. The van der Waals surface area contributed by atoms with Crippen molar-refractivity contribution in [2.24, 2.45) is 0 Å². The van der Waals surface area contributed by atoms with Gasteiger partial charge in [0.05, 0.1) is 11.2 Å². The average Bonchev–Trinajstić information content (AvgIpc) is 2.43. The van der Waals surface area contributed by atoms with Crippen LogP contribution in [0.1, 0.15) is 16.9 Å². The average molecular weight is 277 g/mol. The zero-order valence-corrected chi connectivity index (χ0v) is 11.4. The summed E-state index contributed by atoms with van der Waals surface area (Å²) in [4.78, 5) is 11.2. The molecule has 2 N–H and O–H groups in total. The Morgan fingerprint density at radius 3 is 2.89 bits per heavy atom. The lowest BCUT2D eigenvalue weighted by Crippen LogP contribution is -2.11. The summed E-state index contributed by atoms with van der Waals surface area (Å²) >= 11 is 1.77. The van der Waals surface area contributed by atoms with E-state index in [4.69, 9.17) is 0 Å². The van der Waals surface area contributed by atoms with Crippen LogP contribution in [0.2, 0.25) is 0 Å². The topological polar surface area (TPSA) is 75.1 Å². The van der Waals surface area contributed by atoms with E-state index in [1.165, 1.54) is 0 Å². The third-order valence-electron chi connectivity index (χ3n) is 2.70. The number of hydrogen-bond donors (Lipinski definition) is 2. The van der Waals surface area contributed by atoms with Crippen LogP contribution < -0.4 is 5.32 Å². The third kappa shape index (κ3) is 3.14. The number of rotatable bonds is 6. The number of nitrogens with one attached hydrogen (secondary N) is 1. The van der Waals surface area contributed by atoms with Gasteiger partial charge in [0.25, 0.3) is 0 Å². The van der Waals surface area contributed by atoms with Gasteiger partial charge in [0, 0.05) is 11.9 Å². The lowest BCUT2D eigenvalue weighted by molar-refractivity contribution is 0.0690. The summed E-state index contributed by atoms with van der Waals surface area (Å²) in [6, 6.07) is 7.39. The van der Waals surface area contributed by atoms with Gasteiger partial charge in [-0.15, -0.1) is 10.2 Å². The fraction of sp³-hybridized carbons (Fsp3) is 0.308. The number of thioether (sulfide) groups is 1. The summed E-state index contributed by atoms with van der Waals surface area (Å²) in [5, 5.41) is 20.9. The van der Waals surface area contributed by atoms with Gasteiger partial charge in [-0.05, 0) is 24.5 Å². The molecule has 0 aliphatic rings. The van der Waals surface area contributed by atoms with Gasteiger partial charge in [0.15, 0.2) is 5.69 Å². The Morgan fingerprint density at radius 2 is 2.16 bits per heavy atom. The van der Waals surface area contributed by atoms with Crippen LogP contribution in [0.15, 0.2) is 24.3 Å². The first kappa shape index (κ1) is 13.6. The Balaban J connectivity index is 2.35. The summed E-state index contributed by atoms with van der Waals surface area (Å²) in [7, 11) is 0. The lowest BCUT2D eigenvalue weighted by atomic mass is 10.1. The predicted molar refractivity (Wildman–Crippen MR) is 78.0 cm³/mol. The fourth-order valence-corrected chi connectivity index (χ4v) is 2.25. The van der Waals surface area contributed by atoms with E-state index in [1.807, 2.05) is 30.5 Å². The number of fused-ring (bicyclic) bond motifs is 1. The van der Waals surface area contributed by atoms with Crippen molar-refractivity contribution in [1.29, 1.82) is 0 Å². The van der Waals surface area contributed by atoms with Gasteiger partial charge in [-0.2, -0.15) is 11.8 Å². The van der Waals surface area contributed by atoms with Crippen LogP contribution in [0.4, 0.5) is 5.69 Å². The molecule has 1 aromatic carbocycles. The maximum atomic E-state index is 11.2. The molecule has 0 spiro atoms. The van der Waals surface area contributed by atoms with E-state index < -0.39 is 5.97 Å². The molecule has 5 nitrogen and oxygen atoms in total. The standard InChI is InChI=1S/C13H15N3O2S/c1-19-8-4-7-14-11-9-5-2-3-6-10(9)15-16-12(11)13(17)18/h2-3,5-6H,4,7-8H2,1H3,(H,14,15)(H,17,18). The molecule has 0 amide bonds. The van der Waals surface area contributed by atoms with Crippen LogP contribution in [0, 0.1) is 0 Å². The molecule has 2 aromatic rings. The molecule has 0 unspecified atom stereocenters. The number of nitrogens with zero attached hydrogens (tertiary/aromatic N) is 2. The number of aromatic carboxylic acids is 1. The summed E-state index contributed by atoms with van der Waals surface area (Å²) in [6.45, 7) is 0.719. The van der Waals surface area contributed by atoms with Gasteiger partial charge in [-0.25, -0.2) is 4.79 Å². The molecule has 100 valence electrons. The number of anilines is 1. The second kappa shape index (κ2) is 6.38. The first-order valence-corrected chi connectivity index (χ1v) is 7.35. The third-order valence-corrected chi connectivity index (χ3v) is 3.39. The quantitative estimate of drug-likeness (QED) is 0.790. The largest absolute Gasteiger partial charge is 0.476 e. The van der Waals surface area contributed by atoms with E-state index in [-0.39, 0.29) is 5.69 Å². The van der Waals surface area contributed by atoms with Crippen LogP contribution in [0.25, 0.3) is 10.9 Å². The normalized spacial score (nSPS) is 10.6. The Morgan fingerprint density at radius 1 is 1.37 bits per heavy atom. The number of aromatic nitrogens is 2. The molecule has 0 saturated heterocycles. The van der Waals surface area contributed by atoms with Crippen molar-refractivity contribution >= 4 is 34.3 Å². The van der Waals surface area contributed by atoms with Gasteiger partial charge in [-0.3, -0.25) is 0 Å². The van der Waals surface area contributed by atoms with Crippen molar-refractivity contribution in [3.8, 4) is 0 Å². The highest BCUT2D eigenvalue weighted by atomic mass is 32.2. The van der Waals surface area contributed by atoms with Crippen LogP contribution in [-0.4, -0.2) is 39.8 Å². The second-order valence-electron chi connectivity index (χ2n) is 4.02. The number of hydrogen-bond acceptors (Lipinski definition) is 5. The molecule has 6 heteroatoms. The predicted octanol–water partition coefficient (Wildman–Crippen LogP) is 2.49. The van der Waals surface area contributed by atoms with Gasteiger partial charge >= 0.3 is 5.97 Å². The summed E-state index contributed by atoms with van der Waals surface area (Å²) in [5.74, 6) is -0.0307. The summed E-state index contributed by atoms with van der Waals surface area (Å²) in [5.41, 5.74) is 1.22. The maximum absolute atomic E-state index is 11.2. The van der Waals surface area contributed by atoms with Crippen molar-refractivity contribution in [2.75, 3.05) is 23.9 Å². The molecule has 0 aliphatic carbocycles. The van der Waals surface area contributed by atoms with Crippen LogP contribution in [0.3, 0.4) is 0 Å². The Bertz CT molecular complexity index is 589. The highest BCUT2D eigenvalue weighted by molar-refractivity contribution is 7.98. The van der Waals surface area contributed by atoms with Crippen LogP contribution in [0.5, 0.6) is 0 Å². The number of carbonyl (C=O) groups is 1. The fourth-order valence-electron chi connectivity index (χ4n) is 1.81. The van der Waals surface area contributed by atoms with Crippen molar-refractivity contribution < 1.29 is 9.90 Å². The number of benzene rings is 1. The molecular weight excluding hydrogens is 262 g/mol. The van der Waals surface area contributed by atoms with E-state index in [0.717, 1.165) is 24.1 Å². The van der Waals surface area contributed by atoms with Crippen molar-refractivity contribution in [3.63, 3.8) is 0 Å². The molecule has 0 atom stereocenters. The van der Waals surface area contributed by atoms with Crippen molar-refractivity contribution in [1.82, 2.24) is 10.2 Å². The zero-order valence-electron chi connectivity index (χ0n) is 10.6. The first-order chi connectivity index (χ1) is 9.24. The van der Waals surface area contributed by atoms with Gasteiger partial charge < -0.3 is 10.4 Å². The minimum absolute atomic E-state index is 0.0251. The van der Waals surface area contributed by atoms with E-state index in [2.05, 4.69) is 15.5 Å². The first-order valence-electron chi connectivity index (χ1n) is 5.95. The zero-order chi connectivity index (χ0) is 13.7. The van der Waals surface area contributed by atoms with Crippen molar-refractivity contribution in [3.05, 3.63) is 30.0 Å². The molecule has 0 bridgehead atoms. The van der Waals surface area contributed by atoms with Crippen LogP contribution >= 0.6 is 11.8 Å². The van der Waals surface area contributed by atoms with E-state index in [9.17, 15) is 9.90 Å². The van der Waals surface area contributed by atoms with E-state index in [1.54, 1.807) is 11.8 Å². The van der Waals surface area contributed by atoms with Crippen LogP contribution in [-0.2, 0) is 0 Å². The molecule has 1 aromatic heterocycles. The Hall–Kier alpha value is -1.82. The molecule has 19 heavy (non-hydrogen) atoms. The maximum Gasteiger partial charge on any atom is 0.358 e. The second-order valence-corrected chi connectivity index (χ2v) is 5.00.